The van der Waals surface area contributed by atoms with E-state index in [1.807, 2.05) is 43.8 Å². The highest BCUT2D eigenvalue weighted by molar-refractivity contribution is 7.99. The SMILES string of the molecule is CC.CCCCSc1ccc(C)cc1.Cc1ccccc1. The third kappa shape index (κ3) is 11.2. The first-order valence-corrected chi connectivity index (χ1v) is 8.92. The summed E-state index contributed by atoms with van der Waals surface area (Å²) < 4.78 is 0. The maximum atomic E-state index is 2.23. The van der Waals surface area contributed by atoms with Gasteiger partial charge in [0, 0.05) is 4.90 Å². The van der Waals surface area contributed by atoms with Crippen LogP contribution in [0.15, 0.2) is 59.5 Å². The highest BCUT2D eigenvalue weighted by Gasteiger charge is 1.91. The molecular weight excluding hydrogens is 272 g/mol. The Morgan fingerprint density at radius 1 is 0.762 bits per heavy atom. The molecule has 0 amide bonds. The number of rotatable bonds is 4. The molecule has 21 heavy (non-hydrogen) atoms. The van der Waals surface area contributed by atoms with Crippen LogP contribution < -0.4 is 0 Å². The molecule has 0 heterocycles. The Balaban J connectivity index is 0.000000377. The monoisotopic (exact) mass is 302 g/mol. The zero-order valence-corrected chi connectivity index (χ0v) is 15.0. The van der Waals surface area contributed by atoms with Crippen molar-refractivity contribution in [3.63, 3.8) is 0 Å². The predicted molar refractivity (Wildman–Crippen MR) is 99.3 cm³/mol. The van der Waals surface area contributed by atoms with Crippen LogP contribution in [-0.4, -0.2) is 5.75 Å². The molecule has 0 radical (unpaired) electrons. The van der Waals surface area contributed by atoms with Gasteiger partial charge in [0.1, 0.15) is 0 Å². The second-order valence-corrected chi connectivity index (χ2v) is 5.84. The lowest BCUT2D eigenvalue weighted by Crippen LogP contribution is -1.78. The van der Waals surface area contributed by atoms with Crippen molar-refractivity contribution in [3.8, 4) is 0 Å². The highest BCUT2D eigenvalue weighted by Crippen LogP contribution is 2.19. The summed E-state index contributed by atoms with van der Waals surface area (Å²) in [5, 5.41) is 0. The van der Waals surface area contributed by atoms with Crippen molar-refractivity contribution in [2.24, 2.45) is 0 Å². The van der Waals surface area contributed by atoms with Gasteiger partial charge in [-0.15, -0.1) is 11.8 Å². The topological polar surface area (TPSA) is 0 Å². The van der Waals surface area contributed by atoms with Crippen LogP contribution in [0, 0.1) is 13.8 Å². The van der Waals surface area contributed by atoms with Crippen LogP contribution >= 0.6 is 11.8 Å². The van der Waals surface area contributed by atoms with Crippen molar-refractivity contribution in [2.45, 2.75) is 52.4 Å². The minimum absolute atomic E-state index is 1.25. The molecule has 0 unspecified atom stereocenters. The van der Waals surface area contributed by atoms with E-state index in [1.54, 1.807) is 0 Å². The summed E-state index contributed by atoms with van der Waals surface area (Å²) in [7, 11) is 0. The van der Waals surface area contributed by atoms with E-state index in [-0.39, 0.29) is 0 Å². The maximum Gasteiger partial charge on any atom is 0.00721 e. The predicted octanol–water partition coefficient (Wildman–Crippen LogP) is 6.91. The summed E-state index contributed by atoms with van der Waals surface area (Å²) in [6.45, 7) is 10.4. The molecule has 0 spiro atoms. The van der Waals surface area contributed by atoms with Crippen molar-refractivity contribution in [2.75, 3.05) is 5.75 Å². The van der Waals surface area contributed by atoms with E-state index < -0.39 is 0 Å². The zero-order valence-electron chi connectivity index (χ0n) is 14.2. The van der Waals surface area contributed by atoms with Gasteiger partial charge in [0.25, 0.3) is 0 Å². The van der Waals surface area contributed by atoms with Gasteiger partial charge >= 0.3 is 0 Å². The third-order valence-electron chi connectivity index (χ3n) is 2.73. The van der Waals surface area contributed by atoms with E-state index in [4.69, 9.17) is 0 Å². The maximum absolute atomic E-state index is 2.23. The Bertz CT molecular complexity index is 431. The molecule has 0 aromatic heterocycles. The van der Waals surface area contributed by atoms with Crippen LogP contribution in [0.3, 0.4) is 0 Å². The van der Waals surface area contributed by atoms with Gasteiger partial charge in [0.05, 0.1) is 0 Å². The van der Waals surface area contributed by atoms with Crippen LogP contribution in [0.2, 0.25) is 0 Å². The average Bonchev–Trinajstić information content (AvgIpc) is 2.53. The largest absolute Gasteiger partial charge is 0.126 e. The Labute approximate surface area is 136 Å². The van der Waals surface area contributed by atoms with Crippen LogP contribution in [-0.2, 0) is 0 Å². The molecule has 2 aromatic carbocycles. The molecule has 1 heteroatoms. The first-order valence-electron chi connectivity index (χ1n) is 7.93. The highest BCUT2D eigenvalue weighted by atomic mass is 32.2. The van der Waals surface area contributed by atoms with Gasteiger partial charge in [-0.05, 0) is 38.2 Å². The molecule has 2 aromatic rings. The number of thioether (sulfide) groups is 1. The van der Waals surface area contributed by atoms with Gasteiger partial charge in [-0.25, -0.2) is 0 Å². The lowest BCUT2D eigenvalue weighted by molar-refractivity contribution is 0.896. The molecule has 0 atom stereocenters. The quantitative estimate of drug-likeness (QED) is 0.437. The number of benzene rings is 2. The van der Waals surface area contributed by atoms with E-state index in [0.717, 1.165) is 0 Å². The molecular formula is C20H30S. The van der Waals surface area contributed by atoms with Gasteiger partial charge in [-0.1, -0.05) is 80.8 Å². The molecule has 0 aliphatic rings. The summed E-state index contributed by atoms with van der Waals surface area (Å²) in [6, 6.07) is 19.0. The molecule has 0 N–H and O–H groups in total. The average molecular weight is 303 g/mol. The second-order valence-electron chi connectivity index (χ2n) is 4.67. The van der Waals surface area contributed by atoms with Crippen molar-refractivity contribution >= 4 is 11.8 Å². The summed E-state index contributed by atoms with van der Waals surface area (Å²) in [6.07, 6.45) is 2.61. The lowest BCUT2D eigenvalue weighted by atomic mass is 10.2. The number of hydrogen-bond acceptors (Lipinski definition) is 1. The molecule has 116 valence electrons. The van der Waals surface area contributed by atoms with Crippen molar-refractivity contribution in [1.29, 1.82) is 0 Å². The Morgan fingerprint density at radius 2 is 1.29 bits per heavy atom. The molecule has 0 fully saturated rings. The minimum Gasteiger partial charge on any atom is -0.126 e. The van der Waals surface area contributed by atoms with Gasteiger partial charge in [-0.3, -0.25) is 0 Å². The van der Waals surface area contributed by atoms with E-state index in [2.05, 4.69) is 57.2 Å². The standard InChI is InChI=1S/C11H16S.C7H8.C2H6/c1-3-4-9-12-11-7-5-10(2)6-8-11;1-7-5-3-2-4-6-7;1-2/h5-8H,3-4,9H2,1-2H3;2-6H,1H3;1-2H3. The third-order valence-corrected chi connectivity index (χ3v) is 3.83. The lowest BCUT2D eigenvalue weighted by Gasteiger charge is -2.00. The zero-order chi connectivity index (χ0) is 15.9. The van der Waals surface area contributed by atoms with Crippen molar-refractivity contribution in [3.05, 3.63) is 65.7 Å². The summed E-state index contributed by atoms with van der Waals surface area (Å²) in [5.74, 6) is 1.25. The second kappa shape index (κ2) is 13.8. The fourth-order valence-corrected chi connectivity index (χ4v) is 2.50. The van der Waals surface area contributed by atoms with Gasteiger partial charge in [0.15, 0.2) is 0 Å². The molecule has 0 bridgehead atoms. The smallest absolute Gasteiger partial charge is 0.00721 e. The summed E-state index contributed by atoms with van der Waals surface area (Å²) in [4.78, 5) is 1.40. The molecule has 0 aliphatic carbocycles. The van der Waals surface area contributed by atoms with Gasteiger partial charge < -0.3 is 0 Å². The van der Waals surface area contributed by atoms with E-state index in [9.17, 15) is 0 Å². The molecule has 0 nitrogen and oxygen atoms in total. The molecule has 0 aliphatic heterocycles. The summed E-state index contributed by atoms with van der Waals surface area (Å²) >= 11 is 1.95. The van der Waals surface area contributed by atoms with Crippen LogP contribution in [0.5, 0.6) is 0 Å². The van der Waals surface area contributed by atoms with E-state index in [0.29, 0.717) is 0 Å². The Kier molecular flexibility index (Phi) is 13.0. The number of hydrogen-bond donors (Lipinski definition) is 0. The fourth-order valence-electron chi connectivity index (χ4n) is 1.50. The van der Waals surface area contributed by atoms with Crippen LogP contribution in [0.4, 0.5) is 0 Å². The number of aryl methyl sites for hydroxylation is 2. The van der Waals surface area contributed by atoms with Gasteiger partial charge in [0.2, 0.25) is 0 Å². The van der Waals surface area contributed by atoms with Crippen LogP contribution in [0.1, 0.15) is 44.7 Å². The van der Waals surface area contributed by atoms with Crippen molar-refractivity contribution < 1.29 is 0 Å². The number of unbranched alkanes of at least 4 members (excludes halogenated alkanes) is 1. The first-order chi connectivity index (χ1) is 10.2. The Hall–Kier alpha value is -1.21. The summed E-state index contributed by atoms with van der Waals surface area (Å²) in [5.41, 5.74) is 2.66. The van der Waals surface area contributed by atoms with E-state index in [1.165, 1.54) is 34.6 Å². The van der Waals surface area contributed by atoms with Crippen LogP contribution in [0.25, 0.3) is 0 Å². The first kappa shape index (κ1) is 19.8. The van der Waals surface area contributed by atoms with Crippen molar-refractivity contribution in [1.82, 2.24) is 0 Å². The fraction of sp³-hybridized carbons (Fsp3) is 0.400. The molecule has 2 rings (SSSR count). The van der Waals surface area contributed by atoms with Gasteiger partial charge in [-0.2, -0.15) is 0 Å². The Morgan fingerprint density at radius 3 is 1.71 bits per heavy atom. The minimum atomic E-state index is 1.25. The molecule has 0 saturated heterocycles. The van der Waals surface area contributed by atoms with E-state index >= 15 is 0 Å². The normalized spacial score (nSPS) is 9.00. The molecule has 0 saturated carbocycles.